The summed E-state index contributed by atoms with van der Waals surface area (Å²) in [6.07, 6.45) is -1.44. The molecule has 0 fully saturated rings. The first kappa shape index (κ1) is 17.2. The molecule has 0 radical (unpaired) electrons. The first-order valence-corrected chi connectivity index (χ1v) is 6.93. The van der Waals surface area contributed by atoms with Gasteiger partial charge in [0.05, 0.1) is 0 Å². The van der Waals surface area contributed by atoms with E-state index in [2.05, 4.69) is 0 Å². The molecule has 0 spiro atoms. The van der Waals surface area contributed by atoms with E-state index in [0.29, 0.717) is 18.4 Å². The van der Waals surface area contributed by atoms with Crippen molar-refractivity contribution in [2.24, 2.45) is 0 Å². The van der Waals surface area contributed by atoms with E-state index < -0.39 is 22.7 Å². The van der Waals surface area contributed by atoms with Crippen molar-refractivity contribution >= 4 is 10.0 Å². The van der Waals surface area contributed by atoms with Crippen molar-refractivity contribution in [1.82, 2.24) is 4.72 Å². The average Bonchev–Trinajstić information content (AvgIpc) is 2.12. The predicted octanol–water partition coefficient (Wildman–Crippen LogP) is 3.12. The third-order valence-electron chi connectivity index (χ3n) is 1.92. The molecule has 0 saturated heterocycles. The van der Waals surface area contributed by atoms with Crippen molar-refractivity contribution < 1.29 is 21.6 Å². The molecule has 0 aliphatic heterocycles. The standard InChI is InChI=1S/C11H18F3NO2S/c1-9(2)5-4-6-10(3)7-18(16,17)15-8-11(12,13)14/h5,7,15H,4,6,8H2,1-3H3/b10-7-. The van der Waals surface area contributed by atoms with Gasteiger partial charge >= 0.3 is 6.18 Å². The number of rotatable bonds is 6. The van der Waals surface area contributed by atoms with Gasteiger partial charge in [0.2, 0.25) is 10.0 Å². The van der Waals surface area contributed by atoms with Gasteiger partial charge in [0.15, 0.2) is 0 Å². The molecular formula is C11H18F3NO2S. The van der Waals surface area contributed by atoms with E-state index in [1.165, 1.54) is 4.72 Å². The van der Waals surface area contributed by atoms with Gasteiger partial charge < -0.3 is 0 Å². The van der Waals surface area contributed by atoms with Crippen molar-refractivity contribution in [2.75, 3.05) is 6.54 Å². The smallest absolute Gasteiger partial charge is 0.208 e. The first-order valence-electron chi connectivity index (χ1n) is 5.39. The maximum Gasteiger partial charge on any atom is 0.402 e. The Morgan fingerprint density at radius 3 is 2.22 bits per heavy atom. The van der Waals surface area contributed by atoms with Crippen LogP contribution in [0.4, 0.5) is 13.2 Å². The minimum absolute atomic E-state index is 0.498. The summed E-state index contributed by atoms with van der Waals surface area (Å²) < 4.78 is 59.6. The molecule has 106 valence electrons. The fourth-order valence-corrected chi connectivity index (χ4v) is 2.23. The lowest BCUT2D eigenvalue weighted by atomic mass is 10.1. The van der Waals surface area contributed by atoms with Crippen molar-refractivity contribution in [3.8, 4) is 0 Å². The second-order valence-electron chi connectivity index (χ2n) is 4.27. The number of allylic oxidation sites excluding steroid dienone is 3. The van der Waals surface area contributed by atoms with Gasteiger partial charge in [-0.3, -0.25) is 0 Å². The van der Waals surface area contributed by atoms with Crippen LogP contribution in [0.2, 0.25) is 0 Å². The lowest BCUT2D eigenvalue weighted by Gasteiger charge is -2.07. The Balaban J connectivity index is 4.41. The number of hydrogen-bond acceptors (Lipinski definition) is 2. The van der Waals surface area contributed by atoms with Gasteiger partial charge in [0.1, 0.15) is 6.54 Å². The molecule has 7 heteroatoms. The Labute approximate surface area is 106 Å². The van der Waals surface area contributed by atoms with E-state index in [1.807, 2.05) is 19.9 Å². The van der Waals surface area contributed by atoms with Crippen LogP contribution in [0.25, 0.3) is 0 Å². The minimum Gasteiger partial charge on any atom is -0.208 e. The van der Waals surface area contributed by atoms with Crippen molar-refractivity contribution in [2.45, 2.75) is 39.8 Å². The molecule has 0 bridgehead atoms. The Bertz CT molecular complexity index is 418. The van der Waals surface area contributed by atoms with E-state index >= 15 is 0 Å². The number of halogens is 3. The molecule has 1 N–H and O–H groups in total. The van der Waals surface area contributed by atoms with Gasteiger partial charge in [-0.05, 0) is 33.6 Å². The SMILES string of the molecule is CC(C)=CCC/C(C)=C\S(=O)(=O)NCC(F)(F)F. The molecule has 0 aromatic heterocycles. The number of sulfonamides is 1. The molecular weight excluding hydrogens is 267 g/mol. The quantitative estimate of drug-likeness (QED) is 0.762. The van der Waals surface area contributed by atoms with Gasteiger partial charge in [-0.25, -0.2) is 13.1 Å². The molecule has 0 aliphatic rings. The van der Waals surface area contributed by atoms with Crippen molar-refractivity contribution in [3.63, 3.8) is 0 Å². The number of hydrogen-bond donors (Lipinski definition) is 1. The Kier molecular flexibility index (Phi) is 6.62. The maximum absolute atomic E-state index is 11.9. The summed E-state index contributed by atoms with van der Waals surface area (Å²) in [5, 5.41) is 0.845. The molecule has 3 nitrogen and oxygen atoms in total. The third-order valence-corrected chi connectivity index (χ3v) is 3.18. The maximum atomic E-state index is 11.9. The highest BCUT2D eigenvalue weighted by Crippen LogP contribution is 2.14. The van der Waals surface area contributed by atoms with Crippen LogP contribution < -0.4 is 4.72 Å². The van der Waals surface area contributed by atoms with Crippen LogP contribution in [0.5, 0.6) is 0 Å². The summed E-state index contributed by atoms with van der Waals surface area (Å²) in [6, 6.07) is 0. The third kappa shape index (κ3) is 10.3. The zero-order chi connectivity index (χ0) is 14.4. The molecule has 18 heavy (non-hydrogen) atoms. The van der Waals surface area contributed by atoms with E-state index in [-0.39, 0.29) is 0 Å². The fourth-order valence-electron chi connectivity index (χ4n) is 1.14. The lowest BCUT2D eigenvalue weighted by Crippen LogP contribution is -2.32. The summed E-state index contributed by atoms with van der Waals surface area (Å²) in [5.74, 6) is 0. The number of alkyl halides is 3. The molecule has 0 heterocycles. The Morgan fingerprint density at radius 2 is 1.78 bits per heavy atom. The molecule has 0 unspecified atom stereocenters. The van der Waals surface area contributed by atoms with Crippen LogP contribution in [-0.2, 0) is 10.0 Å². The average molecular weight is 285 g/mol. The van der Waals surface area contributed by atoms with E-state index in [1.54, 1.807) is 6.92 Å². The Morgan fingerprint density at radius 1 is 1.22 bits per heavy atom. The van der Waals surface area contributed by atoms with Gasteiger partial charge in [-0.1, -0.05) is 17.2 Å². The highest BCUT2D eigenvalue weighted by molar-refractivity contribution is 7.92. The summed E-state index contributed by atoms with van der Waals surface area (Å²) >= 11 is 0. The molecule has 0 atom stereocenters. The first-order chi connectivity index (χ1) is 8.02. The van der Waals surface area contributed by atoms with Crippen LogP contribution in [-0.4, -0.2) is 21.1 Å². The fraction of sp³-hybridized carbons (Fsp3) is 0.636. The molecule has 0 amide bonds. The summed E-state index contributed by atoms with van der Waals surface area (Å²) in [7, 11) is -4.02. The number of nitrogens with one attached hydrogen (secondary N) is 1. The highest BCUT2D eigenvalue weighted by Gasteiger charge is 2.28. The van der Waals surface area contributed by atoms with Gasteiger partial charge in [0.25, 0.3) is 0 Å². The minimum atomic E-state index is -4.54. The van der Waals surface area contributed by atoms with Crippen molar-refractivity contribution in [3.05, 3.63) is 22.6 Å². The topological polar surface area (TPSA) is 46.2 Å². The zero-order valence-electron chi connectivity index (χ0n) is 10.6. The second kappa shape index (κ2) is 6.94. The van der Waals surface area contributed by atoms with Gasteiger partial charge in [-0.2, -0.15) is 13.2 Å². The zero-order valence-corrected chi connectivity index (χ0v) is 11.5. The molecule has 0 saturated carbocycles. The monoisotopic (exact) mass is 285 g/mol. The van der Waals surface area contributed by atoms with Crippen LogP contribution >= 0.6 is 0 Å². The van der Waals surface area contributed by atoms with Crippen LogP contribution in [0.1, 0.15) is 33.6 Å². The molecule has 0 aromatic rings. The largest absolute Gasteiger partial charge is 0.402 e. The van der Waals surface area contributed by atoms with Gasteiger partial charge in [0, 0.05) is 5.41 Å². The normalized spacial score (nSPS) is 13.6. The molecule has 0 rings (SSSR count). The van der Waals surface area contributed by atoms with E-state index in [9.17, 15) is 21.6 Å². The Hall–Kier alpha value is -0.820. The van der Waals surface area contributed by atoms with Crippen LogP contribution in [0.15, 0.2) is 22.6 Å². The molecule has 0 aliphatic carbocycles. The van der Waals surface area contributed by atoms with Crippen molar-refractivity contribution in [1.29, 1.82) is 0 Å². The summed E-state index contributed by atoms with van der Waals surface area (Å²) in [5.41, 5.74) is 1.63. The van der Waals surface area contributed by atoms with Crippen LogP contribution in [0, 0.1) is 0 Å². The van der Waals surface area contributed by atoms with E-state index in [4.69, 9.17) is 0 Å². The summed E-state index contributed by atoms with van der Waals surface area (Å²) in [4.78, 5) is 0. The van der Waals surface area contributed by atoms with Crippen LogP contribution in [0.3, 0.4) is 0 Å². The second-order valence-corrected chi connectivity index (χ2v) is 5.88. The summed E-state index contributed by atoms with van der Waals surface area (Å²) in [6.45, 7) is 3.86. The highest BCUT2D eigenvalue weighted by atomic mass is 32.2. The predicted molar refractivity (Wildman–Crippen MR) is 65.4 cm³/mol. The lowest BCUT2D eigenvalue weighted by molar-refractivity contribution is -0.121. The van der Waals surface area contributed by atoms with Gasteiger partial charge in [-0.15, -0.1) is 0 Å². The molecule has 0 aromatic carbocycles. The van der Waals surface area contributed by atoms with E-state index in [0.717, 1.165) is 11.0 Å².